The molecule has 6 heteroatoms. The Morgan fingerprint density at radius 2 is 2.05 bits per heavy atom. The minimum Gasteiger partial charge on any atom is -0.465 e. The lowest BCUT2D eigenvalue weighted by atomic mass is 10.1. The number of fused-ring (bicyclic) bond motifs is 1. The smallest absolute Gasteiger partial charge is 0.410 e. The first kappa shape index (κ1) is 15.1. The molecular weight excluding hydrogens is 260 g/mol. The number of carbonyl (C=O) groups excluding carboxylic acids is 2. The summed E-state index contributed by atoms with van der Waals surface area (Å²) in [5, 5.41) is 3.26. The van der Waals surface area contributed by atoms with Crippen molar-refractivity contribution in [2.24, 2.45) is 0 Å². The van der Waals surface area contributed by atoms with Crippen molar-refractivity contribution < 1.29 is 19.1 Å². The van der Waals surface area contributed by atoms with E-state index in [1.54, 1.807) is 11.8 Å². The molecule has 0 spiro atoms. The fourth-order valence-electron chi connectivity index (χ4n) is 2.86. The van der Waals surface area contributed by atoms with Gasteiger partial charge in [-0.2, -0.15) is 0 Å². The average Bonchev–Trinajstić information content (AvgIpc) is 2.84. The maximum Gasteiger partial charge on any atom is 0.410 e. The van der Waals surface area contributed by atoms with Crippen molar-refractivity contribution in [2.75, 3.05) is 13.2 Å². The maximum absolute atomic E-state index is 12.2. The molecule has 6 nitrogen and oxygen atoms in total. The van der Waals surface area contributed by atoms with Crippen LogP contribution in [0.3, 0.4) is 0 Å². The minimum absolute atomic E-state index is 0.0271. The second kappa shape index (κ2) is 5.60. The number of likely N-dealkylation sites (tertiary alicyclic amines) is 1. The van der Waals surface area contributed by atoms with Crippen molar-refractivity contribution in [2.45, 2.75) is 64.3 Å². The first-order chi connectivity index (χ1) is 9.31. The lowest BCUT2D eigenvalue weighted by Crippen LogP contribution is -2.41. The molecule has 20 heavy (non-hydrogen) atoms. The summed E-state index contributed by atoms with van der Waals surface area (Å²) >= 11 is 0. The van der Waals surface area contributed by atoms with E-state index in [4.69, 9.17) is 9.47 Å². The van der Waals surface area contributed by atoms with Crippen molar-refractivity contribution in [3.8, 4) is 0 Å². The molecule has 1 amide bonds. The Kier molecular flexibility index (Phi) is 4.22. The van der Waals surface area contributed by atoms with Crippen LogP contribution in [-0.4, -0.2) is 53.8 Å². The van der Waals surface area contributed by atoms with Gasteiger partial charge in [0.25, 0.3) is 0 Å². The van der Waals surface area contributed by atoms with Crippen molar-refractivity contribution >= 4 is 12.1 Å². The highest BCUT2D eigenvalue weighted by Crippen LogP contribution is 2.30. The minimum atomic E-state index is -0.498. The Balaban J connectivity index is 1.96. The van der Waals surface area contributed by atoms with Crippen molar-refractivity contribution in [1.82, 2.24) is 10.2 Å². The summed E-state index contributed by atoms with van der Waals surface area (Å²) in [5.74, 6) is -0.231. The van der Waals surface area contributed by atoms with Gasteiger partial charge >= 0.3 is 12.1 Å². The van der Waals surface area contributed by atoms with E-state index in [0.29, 0.717) is 19.6 Å². The van der Waals surface area contributed by atoms with Crippen LogP contribution < -0.4 is 5.32 Å². The van der Waals surface area contributed by atoms with Gasteiger partial charge < -0.3 is 14.4 Å². The molecule has 0 bridgehead atoms. The van der Waals surface area contributed by atoms with Crippen LogP contribution in [0.1, 0.15) is 40.5 Å². The van der Waals surface area contributed by atoms with Gasteiger partial charge in [0, 0.05) is 12.6 Å². The standard InChI is InChI=1S/C14H24N2O4/c1-5-19-12(17)10-8-11-9(15-10)6-7-16(11)13(18)20-14(2,3)4/h9-11,15H,5-8H2,1-4H3. The van der Waals surface area contributed by atoms with Gasteiger partial charge in [0.15, 0.2) is 0 Å². The maximum atomic E-state index is 12.2. The van der Waals surface area contributed by atoms with Gasteiger partial charge in [0.05, 0.1) is 12.6 Å². The number of amides is 1. The molecule has 3 atom stereocenters. The van der Waals surface area contributed by atoms with E-state index < -0.39 is 5.60 Å². The predicted octanol–water partition coefficient (Wildman–Crippen LogP) is 1.29. The van der Waals surface area contributed by atoms with Gasteiger partial charge in [-0.05, 0) is 40.5 Å². The van der Waals surface area contributed by atoms with Crippen LogP contribution in [-0.2, 0) is 14.3 Å². The van der Waals surface area contributed by atoms with E-state index in [1.807, 2.05) is 20.8 Å². The summed E-state index contributed by atoms with van der Waals surface area (Å²) in [6.07, 6.45) is 1.15. The second-order valence-corrected chi connectivity index (χ2v) is 6.34. The highest BCUT2D eigenvalue weighted by atomic mass is 16.6. The van der Waals surface area contributed by atoms with Gasteiger partial charge in [0.1, 0.15) is 11.6 Å². The third-order valence-electron chi connectivity index (χ3n) is 3.64. The van der Waals surface area contributed by atoms with E-state index in [-0.39, 0.29) is 30.2 Å². The Morgan fingerprint density at radius 3 is 2.65 bits per heavy atom. The van der Waals surface area contributed by atoms with Crippen LogP contribution in [0, 0.1) is 0 Å². The lowest BCUT2D eigenvalue weighted by molar-refractivity contribution is -0.145. The average molecular weight is 284 g/mol. The third kappa shape index (κ3) is 3.23. The monoisotopic (exact) mass is 284 g/mol. The highest BCUT2D eigenvalue weighted by molar-refractivity contribution is 5.77. The zero-order valence-electron chi connectivity index (χ0n) is 12.6. The summed E-state index contributed by atoms with van der Waals surface area (Å²) in [5.41, 5.74) is -0.498. The van der Waals surface area contributed by atoms with Crippen molar-refractivity contribution in [3.05, 3.63) is 0 Å². The van der Waals surface area contributed by atoms with Crippen molar-refractivity contribution in [3.63, 3.8) is 0 Å². The zero-order valence-corrected chi connectivity index (χ0v) is 12.6. The number of nitrogens with zero attached hydrogens (tertiary/aromatic N) is 1. The molecule has 0 aromatic rings. The number of carbonyl (C=O) groups is 2. The molecule has 1 N–H and O–H groups in total. The first-order valence-electron chi connectivity index (χ1n) is 7.24. The molecule has 0 saturated carbocycles. The zero-order chi connectivity index (χ0) is 14.9. The largest absolute Gasteiger partial charge is 0.465 e. The first-order valence-corrected chi connectivity index (χ1v) is 7.24. The number of esters is 1. The summed E-state index contributed by atoms with van der Waals surface area (Å²) in [6.45, 7) is 8.40. The highest BCUT2D eigenvalue weighted by Gasteiger charge is 2.47. The number of hydrogen-bond donors (Lipinski definition) is 1. The fraction of sp³-hybridized carbons (Fsp3) is 0.857. The second-order valence-electron chi connectivity index (χ2n) is 6.34. The molecule has 2 rings (SSSR count). The van der Waals surface area contributed by atoms with E-state index >= 15 is 0 Å². The van der Waals surface area contributed by atoms with Gasteiger partial charge in [0.2, 0.25) is 0 Å². The normalized spacial score (nSPS) is 29.2. The Bertz CT molecular complexity index is 391. The summed E-state index contributed by atoms with van der Waals surface area (Å²) in [4.78, 5) is 25.7. The van der Waals surface area contributed by atoms with Gasteiger partial charge in [-0.15, -0.1) is 0 Å². The fourth-order valence-corrected chi connectivity index (χ4v) is 2.86. The molecule has 2 saturated heterocycles. The lowest BCUT2D eigenvalue weighted by Gasteiger charge is -2.28. The quantitative estimate of drug-likeness (QED) is 0.774. The van der Waals surface area contributed by atoms with E-state index in [0.717, 1.165) is 6.42 Å². The molecular formula is C14H24N2O4. The van der Waals surface area contributed by atoms with Gasteiger partial charge in [-0.3, -0.25) is 10.1 Å². The topological polar surface area (TPSA) is 67.9 Å². The van der Waals surface area contributed by atoms with Gasteiger partial charge in [-0.1, -0.05) is 0 Å². The molecule has 0 radical (unpaired) electrons. The number of hydrogen-bond acceptors (Lipinski definition) is 5. The van der Waals surface area contributed by atoms with Crippen LogP contribution in [0.25, 0.3) is 0 Å². The van der Waals surface area contributed by atoms with E-state index in [1.165, 1.54) is 0 Å². The molecule has 2 aliphatic heterocycles. The van der Waals surface area contributed by atoms with Crippen LogP contribution in [0.2, 0.25) is 0 Å². The Hall–Kier alpha value is -1.30. The Labute approximate surface area is 119 Å². The summed E-state index contributed by atoms with van der Waals surface area (Å²) in [7, 11) is 0. The van der Waals surface area contributed by atoms with E-state index in [2.05, 4.69) is 5.32 Å². The van der Waals surface area contributed by atoms with Crippen LogP contribution in [0.15, 0.2) is 0 Å². The van der Waals surface area contributed by atoms with Crippen LogP contribution >= 0.6 is 0 Å². The molecule has 2 heterocycles. The van der Waals surface area contributed by atoms with Crippen molar-refractivity contribution in [1.29, 1.82) is 0 Å². The molecule has 2 fully saturated rings. The molecule has 2 aliphatic rings. The molecule has 0 aromatic heterocycles. The van der Waals surface area contributed by atoms with Crippen LogP contribution in [0.5, 0.6) is 0 Å². The van der Waals surface area contributed by atoms with Crippen LogP contribution in [0.4, 0.5) is 4.79 Å². The summed E-state index contributed by atoms with van der Waals surface area (Å²) in [6, 6.07) is -0.119. The predicted molar refractivity (Wildman–Crippen MR) is 73.3 cm³/mol. The van der Waals surface area contributed by atoms with E-state index in [9.17, 15) is 9.59 Å². The molecule has 0 aromatic carbocycles. The SMILES string of the molecule is CCOC(=O)C1CC2C(CCN2C(=O)OC(C)(C)C)N1. The Morgan fingerprint density at radius 1 is 1.35 bits per heavy atom. The molecule has 114 valence electrons. The summed E-state index contributed by atoms with van der Waals surface area (Å²) < 4.78 is 10.4. The number of rotatable bonds is 2. The molecule has 3 unspecified atom stereocenters. The third-order valence-corrected chi connectivity index (χ3v) is 3.64. The number of nitrogens with one attached hydrogen (secondary N) is 1. The number of ether oxygens (including phenoxy) is 2. The molecule has 0 aliphatic carbocycles. The van der Waals surface area contributed by atoms with Gasteiger partial charge in [-0.25, -0.2) is 4.79 Å².